The molecule has 0 radical (unpaired) electrons. The van der Waals surface area contributed by atoms with Crippen molar-refractivity contribution in [1.82, 2.24) is 10.3 Å². The molecule has 1 aromatic carbocycles. The molecule has 0 aliphatic carbocycles. The van der Waals surface area contributed by atoms with E-state index in [9.17, 15) is 4.39 Å². The first-order chi connectivity index (χ1) is 9.10. The van der Waals surface area contributed by atoms with Crippen LogP contribution in [0.15, 0.2) is 23.6 Å². The second-order valence-electron chi connectivity index (χ2n) is 4.36. The van der Waals surface area contributed by atoms with Gasteiger partial charge in [-0.05, 0) is 31.5 Å². The van der Waals surface area contributed by atoms with Crippen LogP contribution in [0.25, 0.3) is 0 Å². The average Bonchev–Trinajstić information content (AvgIpc) is 2.84. The molecule has 1 aromatic heterocycles. The predicted molar refractivity (Wildman–Crippen MR) is 73.2 cm³/mol. The monoisotopic (exact) mass is 275 g/mol. The van der Waals surface area contributed by atoms with Crippen LogP contribution in [0.1, 0.15) is 34.8 Å². The van der Waals surface area contributed by atoms with Crippen LogP contribution in [0.5, 0.6) is 0 Å². The highest BCUT2D eigenvalue weighted by atomic mass is 32.1. The number of nitriles is 1. The molecule has 19 heavy (non-hydrogen) atoms. The number of hydrogen-bond donors (Lipinski definition) is 1. The van der Waals surface area contributed by atoms with Crippen LogP contribution in [0, 0.1) is 24.1 Å². The predicted octanol–water partition coefficient (Wildman–Crippen LogP) is 3.31. The average molecular weight is 275 g/mol. The van der Waals surface area contributed by atoms with Gasteiger partial charge in [-0.3, -0.25) is 0 Å². The quantitative estimate of drug-likeness (QED) is 0.931. The number of thiazole rings is 1. The molecule has 1 atom stereocenters. The minimum Gasteiger partial charge on any atom is -0.304 e. The van der Waals surface area contributed by atoms with Crippen molar-refractivity contribution in [3.05, 3.63) is 51.2 Å². The zero-order valence-electron chi connectivity index (χ0n) is 10.8. The Labute approximate surface area is 115 Å². The first-order valence-electron chi connectivity index (χ1n) is 5.94. The Hall–Kier alpha value is -1.77. The van der Waals surface area contributed by atoms with E-state index in [-0.39, 0.29) is 11.6 Å². The molecule has 0 aliphatic heterocycles. The fourth-order valence-electron chi connectivity index (χ4n) is 1.70. The molecule has 0 amide bonds. The van der Waals surface area contributed by atoms with E-state index in [1.165, 1.54) is 6.07 Å². The molecule has 2 rings (SSSR count). The van der Waals surface area contributed by atoms with Crippen LogP contribution >= 0.6 is 11.3 Å². The molecule has 0 aliphatic rings. The van der Waals surface area contributed by atoms with E-state index >= 15 is 0 Å². The Morgan fingerprint density at radius 2 is 2.32 bits per heavy atom. The minimum absolute atomic E-state index is 0.0806. The number of rotatable bonds is 4. The summed E-state index contributed by atoms with van der Waals surface area (Å²) in [5.74, 6) is -0.477. The Morgan fingerprint density at radius 1 is 1.53 bits per heavy atom. The maximum absolute atomic E-state index is 13.2. The minimum atomic E-state index is -0.477. The fourth-order valence-corrected chi connectivity index (χ4v) is 2.53. The number of benzene rings is 1. The Morgan fingerprint density at radius 3 is 2.95 bits per heavy atom. The molecular weight excluding hydrogens is 261 g/mol. The number of nitrogens with zero attached hydrogens (tertiary/aromatic N) is 2. The summed E-state index contributed by atoms with van der Waals surface area (Å²) in [6.45, 7) is 4.58. The molecule has 5 heteroatoms. The van der Waals surface area contributed by atoms with Gasteiger partial charge in [0.05, 0.1) is 11.6 Å². The highest BCUT2D eigenvalue weighted by Crippen LogP contribution is 2.18. The van der Waals surface area contributed by atoms with Crippen LogP contribution in [-0.2, 0) is 6.54 Å². The molecule has 0 fully saturated rings. The third-order valence-corrected chi connectivity index (χ3v) is 3.92. The highest BCUT2D eigenvalue weighted by Gasteiger charge is 2.09. The maximum atomic E-state index is 13.2. The summed E-state index contributed by atoms with van der Waals surface area (Å²) < 4.78 is 13.2. The van der Waals surface area contributed by atoms with Gasteiger partial charge in [0.1, 0.15) is 16.9 Å². The molecule has 2 aromatic rings. The fraction of sp³-hybridized carbons (Fsp3) is 0.286. The van der Waals surface area contributed by atoms with Crippen LogP contribution in [0.4, 0.5) is 4.39 Å². The van der Waals surface area contributed by atoms with E-state index in [2.05, 4.69) is 10.3 Å². The summed E-state index contributed by atoms with van der Waals surface area (Å²) in [6, 6.07) is 6.56. The lowest BCUT2D eigenvalue weighted by molar-refractivity contribution is 0.569. The lowest BCUT2D eigenvalue weighted by Gasteiger charge is -2.11. The van der Waals surface area contributed by atoms with Gasteiger partial charge in [-0.1, -0.05) is 6.07 Å². The molecule has 0 unspecified atom stereocenters. The number of hydrogen-bond acceptors (Lipinski definition) is 4. The Kier molecular flexibility index (Phi) is 4.25. The molecule has 0 spiro atoms. The molecule has 98 valence electrons. The van der Waals surface area contributed by atoms with Crippen molar-refractivity contribution in [2.75, 3.05) is 0 Å². The largest absolute Gasteiger partial charge is 0.304 e. The molecular formula is C14H14FN3S. The van der Waals surface area contributed by atoms with Crippen molar-refractivity contribution >= 4 is 11.3 Å². The van der Waals surface area contributed by atoms with Crippen molar-refractivity contribution in [2.45, 2.75) is 26.4 Å². The molecule has 1 heterocycles. The Balaban J connectivity index is 2.01. The summed E-state index contributed by atoms with van der Waals surface area (Å²) >= 11 is 1.62. The van der Waals surface area contributed by atoms with Gasteiger partial charge in [0.15, 0.2) is 0 Å². The summed E-state index contributed by atoms with van der Waals surface area (Å²) in [5.41, 5.74) is 1.98. The number of aryl methyl sites for hydroxylation is 1. The van der Waals surface area contributed by atoms with E-state index in [0.29, 0.717) is 6.54 Å². The van der Waals surface area contributed by atoms with Crippen molar-refractivity contribution in [2.24, 2.45) is 0 Å². The summed E-state index contributed by atoms with van der Waals surface area (Å²) in [5, 5.41) is 15.1. The van der Waals surface area contributed by atoms with Gasteiger partial charge >= 0.3 is 0 Å². The van der Waals surface area contributed by atoms with E-state index < -0.39 is 5.82 Å². The third kappa shape index (κ3) is 3.37. The van der Waals surface area contributed by atoms with Gasteiger partial charge in [0.25, 0.3) is 0 Å². The lowest BCUT2D eigenvalue weighted by Crippen LogP contribution is -2.18. The second-order valence-corrected chi connectivity index (χ2v) is 5.25. The standard InChI is InChI=1S/C14H14FN3S/c1-9-8-19-14(18-9)10(2)17-7-11-3-4-13(15)12(5-11)6-16/h3-5,8,10,17H,7H2,1-2H3/t10-/m0/s1. The van der Waals surface area contributed by atoms with Crippen molar-refractivity contribution in [1.29, 1.82) is 5.26 Å². The van der Waals surface area contributed by atoms with E-state index in [1.54, 1.807) is 23.5 Å². The topological polar surface area (TPSA) is 48.7 Å². The molecule has 1 N–H and O–H groups in total. The van der Waals surface area contributed by atoms with E-state index in [1.807, 2.05) is 25.3 Å². The first-order valence-corrected chi connectivity index (χ1v) is 6.82. The van der Waals surface area contributed by atoms with Crippen molar-refractivity contribution < 1.29 is 4.39 Å². The molecule has 3 nitrogen and oxygen atoms in total. The van der Waals surface area contributed by atoms with Gasteiger partial charge in [0.2, 0.25) is 0 Å². The van der Waals surface area contributed by atoms with Gasteiger partial charge in [0, 0.05) is 17.6 Å². The van der Waals surface area contributed by atoms with Gasteiger partial charge in [-0.2, -0.15) is 5.26 Å². The first kappa shape index (κ1) is 13.7. The lowest BCUT2D eigenvalue weighted by atomic mass is 10.1. The highest BCUT2D eigenvalue weighted by molar-refractivity contribution is 7.09. The zero-order valence-corrected chi connectivity index (χ0v) is 11.6. The Bertz CT molecular complexity index is 615. The van der Waals surface area contributed by atoms with E-state index in [0.717, 1.165) is 16.3 Å². The van der Waals surface area contributed by atoms with Crippen LogP contribution in [0.3, 0.4) is 0 Å². The SMILES string of the molecule is Cc1csc([C@H](C)NCc2ccc(F)c(C#N)c2)n1. The summed E-state index contributed by atoms with van der Waals surface area (Å²) in [6.07, 6.45) is 0. The van der Waals surface area contributed by atoms with Crippen molar-refractivity contribution in [3.63, 3.8) is 0 Å². The molecule has 0 saturated heterocycles. The van der Waals surface area contributed by atoms with E-state index in [4.69, 9.17) is 5.26 Å². The molecule has 0 bridgehead atoms. The van der Waals surface area contributed by atoms with Gasteiger partial charge in [-0.15, -0.1) is 11.3 Å². The smallest absolute Gasteiger partial charge is 0.140 e. The number of nitrogens with one attached hydrogen (secondary N) is 1. The van der Waals surface area contributed by atoms with Gasteiger partial charge < -0.3 is 5.32 Å². The van der Waals surface area contributed by atoms with Crippen LogP contribution < -0.4 is 5.32 Å². The summed E-state index contributed by atoms with van der Waals surface area (Å²) in [7, 11) is 0. The second kappa shape index (κ2) is 5.91. The van der Waals surface area contributed by atoms with Crippen LogP contribution in [-0.4, -0.2) is 4.98 Å². The third-order valence-electron chi connectivity index (χ3n) is 2.77. The summed E-state index contributed by atoms with van der Waals surface area (Å²) in [4.78, 5) is 4.41. The van der Waals surface area contributed by atoms with Gasteiger partial charge in [-0.25, -0.2) is 9.37 Å². The van der Waals surface area contributed by atoms with Crippen LogP contribution in [0.2, 0.25) is 0 Å². The zero-order chi connectivity index (χ0) is 13.8. The number of halogens is 1. The number of aromatic nitrogens is 1. The molecule has 0 saturated carbocycles. The normalized spacial score (nSPS) is 12.1. The van der Waals surface area contributed by atoms with Crippen molar-refractivity contribution in [3.8, 4) is 6.07 Å². The maximum Gasteiger partial charge on any atom is 0.140 e.